The van der Waals surface area contributed by atoms with E-state index in [-0.39, 0.29) is 35.6 Å². The summed E-state index contributed by atoms with van der Waals surface area (Å²) in [7, 11) is 0. The minimum atomic E-state index is -0.532. The lowest BCUT2D eigenvalue weighted by Gasteiger charge is -2.14. The van der Waals surface area contributed by atoms with Gasteiger partial charge in [0, 0.05) is 5.69 Å². The van der Waals surface area contributed by atoms with Crippen LogP contribution >= 0.6 is 11.6 Å². The molecule has 1 amide bonds. The zero-order chi connectivity index (χ0) is 19.1. The van der Waals surface area contributed by atoms with Crippen molar-refractivity contribution in [3.05, 3.63) is 58.6 Å². The molecular weight excluding hydrogens is 354 g/mol. The van der Waals surface area contributed by atoms with E-state index in [1.165, 1.54) is 6.07 Å². The predicted octanol–water partition coefficient (Wildman–Crippen LogP) is 4.66. The number of anilines is 1. The van der Waals surface area contributed by atoms with Gasteiger partial charge in [0.25, 0.3) is 5.91 Å². The van der Waals surface area contributed by atoms with E-state index in [9.17, 15) is 9.59 Å². The van der Waals surface area contributed by atoms with Crippen molar-refractivity contribution in [3.63, 3.8) is 0 Å². The quantitative estimate of drug-likeness (QED) is 0.715. The lowest BCUT2D eigenvalue weighted by atomic mass is 10.0. The van der Waals surface area contributed by atoms with Crippen molar-refractivity contribution < 1.29 is 19.1 Å². The van der Waals surface area contributed by atoms with Crippen LogP contribution in [0.5, 0.6) is 5.75 Å². The van der Waals surface area contributed by atoms with Crippen LogP contribution in [0, 0.1) is 0 Å². The smallest absolute Gasteiger partial charge is 0.339 e. The number of rotatable bonds is 7. The van der Waals surface area contributed by atoms with Crippen LogP contribution in [0.15, 0.2) is 42.5 Å². The molecule has 0 saturated carbocycles. The topological polar surface area (TPSA) is 64.6 Å². The van der Waals surface area contributed by atoms with Gasteiger partial charge in [-0.2, -0.15) is 0 Å². The summed E-state index contributed by atoms with van der Waals surface area (Å²) < 4.78 is 10.6. The summed E-state index contributed by atoms with van der Waals surface area (Å²) in [6, 6.07) is 12.3. The molecule has 2 aromatic carbocycles. The molecule has 0 aliphatic heterocycles. The molecule has 138 valence electrons. The standard InChI is InChI=1S/C20H22ClNO4/c1-4-25-20(24)16-11-14(9-10-17(16)21)22-19(23)12-26-18-8-6-5-7-15(18)13(2)3/h5-11,13H,4,12H2,1-3H3,(H,22,23). The van der Waals surface area contributed by atoms with Gasteiger partial charge in [0.15, 0.2) is 6.61 Å². The molecule has 0 aliphatic rings. The first-order chi connectivity index (χ1) is 12.4. The lowest BCUT2D eigenvalue weighted by molar-refractivity contribution is -0.118. The first-order valence-corrected chi connectivity index (χ1v) is 8.78. The summed E-state index contributed by atoms with van der Waals surface area (Å²) in [4.78, 5) is 24.0. The van der Waals surface area contributed by atoms with Crippen LogP contribution in [0.25, 0.3) is 0 Å². The third-order valence-corrected chi connectivity index (χ3v) is 3.97. The number of hydrogen-bond acceptors (Lipinski definition) is 4. The molecule has 0 radical (unpaired) electrons. The monoisotopic (exact) mass is 375 g/mol. The second-order valence-electron chi connectivity index (χ2n) is 5.94. The van der Waals surface area contributed by atoms with Crippen molar-refractivity contribution in [2.75, 3.05) is 18.5 Å². The SMILES string of the molecule is CCOC(=O)c1cc(NC(=O)COc2ccccc2C(C)C)ccc1Cl. The van der Waals surface area contributed by atoms with Gasteiger partial charge in [0.05, 0.1) is 17.2 Å². The van der Waals surface area contributed by atoms with E-state index in [1.807, 2.05) is 24.3 Å². The average molecular weight is 376 g/mol. The van der Waals surface area contributed by atoms with Gasteiger partial charge in [-0.25, -0.2) is 4.79 Å². The van der Waals surface area contributed by atoms with Crippen LogP contribution in [0.2, 0.25) is 5.02 Å². The second kappa shape index (κ2) is 9.25. The van der Waals surface area contributed by atoms with Crippen molar-refractivity contribution in [1.82, 2.24) is 0 Å². The number of nitrogens with one attached hydrogen (secondary N) is 1. The summed E-state index contributed by atoms with van der Waals surface area (Å²) in [5.41, 5.74) is 1.69. The van der Waals surface area contributed by atoms with Gasteiger partial charge in [-0.1, -0.05) is 43.6 Å². The number of hydrogen-bond donors (Lipinski definition) is 1. The summed E-state index contributed by atoms with van der Waals surface area (Å²) in [5.74, 6) is 0.107. The van der Waals surface area contributed by atoms with Gasteiger partial charge in [-0.15, -0.1) is 0 Å². The molecule has 0 spiro atoms. The fourth-order valence-corrected chi connectivity index (χ4v) is 2.59. The van der Waals surface area contributed by atoms with E-state index in [0.29, 0.717) is 11.4 Å². The molecule has 26 heavy (non-hydrogen) atoms. The summed E-state index contributed by atoms with van der Waals surface area (Å²) in [5, 5.41) is 2.96. The number of para-hydroxylation sites is 1. The minimum Gasteiger partial charge on any atom is -0.483 e. The highest BCUT2D eigenvalue weighted by Crippen LogP contribution is 2.26. The van der Waals surface area contributed by atoms with E-state index >= 15 is 0 Å². The largest absolute Gasteiger partial charge is 0.483 e. The fourth-order valence-electron chi connectivity index (χ4n) is 2.40. The Morgan fingerprint density at radius 2 is 1.88 bits per heavy atom. The summed E-state index contributed by atoms with van der Waals surface area (Å²) >= 11 is 6.01. The van der Waals surface area contributed by atoms with Crippen LogP contribution in [0.4, 0.5) is 5.69 Å². The number of ether oxygens (including phenoxy) is 2. The van der Waals surface area contributed by atoms with Crippen molar-refractivity contribution in [1.29, 1.82) is 0 Å². The Balaban J connectivity index is 2.02. The highest BCUT2D eigenvalue weighted by atomic mass is 35.5. The van der Waals surface area contributed by atoms with Gasteiger partial charge in [-0.05, 0) is 42.7 Å². The Labute approximate surface area is 158 Å². The highest BCUT2D eigenvalue weighted by molar-refractivity contribution is 6.33. The van der Waals surface area contributed by atoms with E-state index < -0.39 is 5.97 Å². The Hall–Kier alpha value is -2.53. The number of amides is 1. The first-order valence-electron chi connectivity index (χ1n) is 8.40. The molecule has 0 saturated heterocycles. The minimum absolute atomic E-state index is 0.138. The van der Waals surface area contributed by atoms with Crippen molar-refractivity contribution in [2.24, 2.45) is 0 Å². The van der Waals surface area contributed by atoms with Crippen LogP contribution in [-0.2, 0) is 9.53 Å². The molecule has 0 fully saturated rings. The summed E-state index contributed by atoms with van der Waals surface area (Å²) in [6.07, 6.45) is 0. The van der Waals surface area contributed by atoms with Gasteiger partial charge in [0.2, 0.25) is 0 Å². The van der Waals surface area contributed by atoms with E-state index in [4.69, 9.17) is 21.1 Å². The number of carbonyl (C=O) groups is 2. The highest BCUT2D eigenvalue weighted by Gasteiger charge is 2.14. The molecule has 0 unspecified atom stereocenters. The molecule has 5 nitrogen and oxygen atoms in total. The zero-order valence-corrected chi connectivity index (χ0v) is 15.8. The third-order valence-electron chi connectivity index (χ3n) is 3.65. The van der Waals surface area contributed by atoms with Crippen molar-refractivity contribution >= 4 is 29.2 Å². The molecule has 0 heterocycles. The van der Waals surface area contributed by atoms with E-state index in [1.54, 1.807) is 19.1 Å². The lowest BCUT2D eigenvalue weighted by Crippen LogP contribution is -2.21. The van der Waals surface area contributed by atoms with Crippen LogP contribution in [0.1, 0.15) is 42.6 Å². The van der Waals surface area contributed by atoms with Gasteiger partial charge < -0.3 is 14.8 Å². The van der Waals surface area contributed by atoms with E-state index in [0.717, 1.165) is 5.56 Å². The fraction of sp³-hybridized carbons (Fsp3) is 0.300. The first kappa shape index (κ1) is 19.8. The number of esters is 1. The maximum atomic E-state index is 12.2. The number of benzene rings is 2. The summed E-state index contributed by atoms with van der Waals surface area (Å²) in [6.45, 7) is 5.94. The molecule has 0 aromatic heterocycles. The second-order valence-corrected chi connectivity index (χ2v) is 6.35. The number of halogens is 1. The number of carbonyl (C=O) groups excluding carboxylic acids is 2. The van der Waals surface area contributed by atoms with Crippen molar-refractivity contribution in [3.8, 4) is 5.75 Å². The van der Waals surface area contributed by atoms with Crippen molar-refractivity contribution in [2.45, 2.75) is 26.7 Å². The third kappa shape index (κ3) is 5.23. The molecule has 0 atom stereocenters. The van der Waals surface area contributed by atoms with Gasteiger partial charge in [0.1, 0.15) is 5.75 Å². The van der Waals surface area contributed by atoms with Crippen LogP contribution in [-0.4, -0.2) is 25.1 Å². The molecule has 0 bridgehead atoms. The Morgan fingerprint density at radius 1 is 1.15 bits per heavy atom. The Bertz CT molecular complexity index is 789. The molecule has 6 heteroatoms. The molecule has 1 N–H and O–H groups in total. The molecule has 2 rings (SSSR count). The normalized spacial score (nSPS) is 10.5. The van der Waals surface area contributed by atoms with Crippen LogP contribution < -0.4 is 10.1 Å². The van der Waals surface area contributed by atoms with Gasteiger partial charge >= 0.3 is 5.97 Å². The molecule has 0 aliphatic carbocycles. The Kier molecular flexibility index (Phi) is 7.04. The average Bonchev–Trinajstić information content (AvgIpc) is 2.62. The van der Waals surface area contributed by atoms with E-state index in [2.05, 4.69) is 19.2 Å². The molecule has 2 aromatic rings. The maximum absolute atomic E-state index is 12.2. The zero-order valence-electron chi connectivity index (χ0n) is 15.0. The maximum Gasteiger partial charge on any atom is 0.339 e. The van der Waals surface area contributed by atoms with Crippen LogP contribution in [0.3, 0.4) is 0 Å². The van der Waals surface area contributed by atoms with Gasteiger partial charge in [-0.3, -0.25) is 4.79 Å². The molecular formula is C20H22ClNO4. The Morgan fingerprint density at radius 3 is 2.58 bits per heavy atom. The predicted molar refractivity (Wildman–Crippen MR) is 102 cm³/mol.